The topological polar surface area (TPSA) is 50.4 Å². The third-order valence-corrected chi connectivity index (χ3v) is 4.44. The number of methoxy groups -OCH3 is 1. The van der Waals surface area contributed by atoms with Crippen LogP contribution in [0, 0.1) is 5.92 Å². The number of benzene rings is 1. The second-order valence-corrected chi connectivity index (χ2v) is 6.90. The van der Waals surface area contributed by atoms with Gasteiger partial charge in [-0.1, -0.05) is 44.2 Å². The van der Waals surface area contributed by atoms with Gasteiger partial charge in [-0.15, -0.1) is 11.3 Å². The van der Waals surface area contributed by atoms with Crippen LogP contribution in [-0.2, 0) is 4.74 Å². The maximum absolute atomic E-state index is 12.0. The van der Waals surface area contributed by atoms with Gasteiger partial charge >= 0.3 is 5.97 Å². The predicted molar refractivity (Wildman–Crippen MR) is 100 cm³/mol. The predicted octanol–water partition coefficient (Wildman–Crippen LogP) is 4.14. The second-order valence-electron chi connectivity index (χ2n) is 5.44. The minimum Gasteiger partial charge on any atom is -0.465 e. The van der Waals surface area contributed by atoms with Gasteiger partial charge in [0.25, 0.3) is 0 Å². The standard InChI is InChI=1S/C17H20N2O2S2/c1-11(2)10-18-17(22)19-15-13(16(20)21-3)9-14(23-15)12-7-5-4-6-8-12/h4-9,11H,10H2,1-3H3,(H2,18,19,22). The number of hydrogen-bond donors (Lipinski definition) is 2. The molecule has 0 aliphatic heterocycles. The zero-order chi connectivity index (χ0) is 16.8. The summed E-state index contributed by atoms with van der Waals surface area (Å²) in [5.41, 5.74) is 1.54. The van der Waals surface area contributed by atoms with Crippen LogP contribution in [0.1, 0.15) is 24.2 Å². The maximum atomic E-state index is 12.0. The number of esters is 1. The molecule has 23 heavy (non-hydrogen) atoms. The number of thiocarbonyl (C=S) groups is 1. The number of thiophene rings is 1. The molecule has 4 nitrogen and oxygen atoms in total. The lowest BCUT2D eigenvalue weighted by Crippen LogP contribution is -2.31. The Morgan fingerprint density at radius 1 is 1.30 bits per heavy atom. The molecule has 0 radical (unpaired) electrons. The third-order valence-electron chi connectivity index (χ3n) is 3.09. The molecule has 1 aromatic carbocycles. The van der Waals surface area contributed by atoms with E-state index in [-0.39, 0.29) is 5.97 Å². The van der Waals surface area contributed by atoms with Crippen LogP contribution in [-0.4, -0.2) is 24.7 Å². The summed E-state index contributed by atoms with van der Waals surface area (Å²) in [4.78, 5) is 13.0. The van der Waals surface area contributed by atoms with Crippen molar-refractivity contribution in [2.45, 2.75) is 13.8 Å². The molecule has 0 spiro atoms. The van der Waals surface area contributed by atoms with Crippen LogP contribution in [0.25, 0.3) is 10.4 Å². The summed E-state index contributed by atoms with van der Waals surface area (Å²) in [7, 11) is 1.38. The highest BCUT2D eigenvalue weighted by atomic mass is 32.1. The molecule has 0 fully saturated rings. The molecule has 0 aliphatic carbocycles. The van der Waals surface area contributed by atoms with Gasteiger partial charge in [0.2, 0.25) is 0 Å². The van der Waals surface area contributed by atoms with E-state index in [0.717, 1.165) is 17.0 Å². The molecule has 1 heterocycles. The van der Waals surface area contributed by atoms with E-state index in [9.17, 15) is 4.79 Å². The molecule has 1 aromatic heterocycles. The number of hydrogen-bond acceptors (Lipinski definition) is 4. The van der Waals surface area contributed by atoms with Crippen LogP contribution < -0.4 is 10.6 Å². The average molecular weight is 348 g/mol. The molecule has 6 heteroatoms. The number of nitrogens with one attached hydrogen (secondary N) is 2. The van der Waals surface area contributed by atoms with Crippen molar-refractivity contribution in [1.29, 1.82) is 0 Å². The highest BCUT2D eigenvalue weighted by Crippen LogP contribution is 2.35. The van der Waals surface area contributed by atoms with Crippen LogP contribution in [0.5, 0.6) is 0 Å². The van der Waals surface area contributed by atoms with E-state index in [1.807, 2.05) is 36.4 Å². The van der Waals surface area contributed by atoms with Crippen LogP contribution >= 0.6 is 23.6 Å². The molecule has 0 saturated heterocycles. The fraction of sp³-hybridized carbons (Fsp3) is 0.294. The number of ether oxygens (including phenoxy) is 1. The van der Waals surface area contributed by atoms with Gasteiger partial charge < -0.3 is 15.4 Å². The van der Waals surface area contributed by atoms with E-state index >= 15 is 0 Å². The molecule has 2 rings (SSSR count). The van der Waals surface area contributed by atoms with Crippen LogP contribution in [0.15, 0.2) is 36.4 Å². The zero-order valence-corrected chi connectivity index (χ0v) is 15.0. The first kappa shape index (κ1) is 17.4. The smallest absolute Gasteiger partial charge is 0.340 e. The van der Waals surface area contributed by atoms with Crippen molar-refractivity contribution in [3.63, 3.8) is 0 Å². The Labute approximate surface area is 145 Å². The Bertz CT molecular complexity index is 681. The SMILES string of the molecule is COC(=O)c1cc(-c2ccccc2)sc1NC(=S)NCC(C)C. The lowest BCUT2D eigenvalue weighted by molar-refractivity contribution is 0.0602. The average Bonchev–Trinajstić information content (AvgIpc) is 2.97. The molecule has 0 aliphatic rings. The minimum absolute atomic E-state index is 0.377. The van der Waals surface area contributed by atoms with Crippen molar-refractivity contribution in [3.05, 3.63) is 42.0 Å². The number of rotatable bonds is 5. The van der Waals surface area contributed by atoms with Crippen molar-refractivity contribution in [3.8, 4) is 10.4 Å². The summed E-state index contributed by atoms with van der Waals surface area (Å²) >= 11 is 6.77. The zero-order valence-electron chi connectivity index (χ0n) is 13.4. The minimum atomic E-state index is -0.377. The molecule has 0 atom stereocenters. The van der Waals surface area contributed by atoms with E-state index < -0.39 is 0 Å². The highest BCUT2D eigenvalue weighted by molar-refractivity contribution is 7.80. The van der Waals surface area contributed by atoms with Gasteiger partial charge in [0.15, 0.2) is 5.11 Å². The summed E-state index contributed by atoms with van der Waals surface area (Å²) in [5.74, 6) is 0.107. The van der Waals surface area contributed by atoms with E-state index in [1.165, 1.54) is 18.4 Å². The Morgan fingerprint density at radius 2 is 2.00 bits per heavy atom. The lowest BCUT2D eigenvalue weighted by Gasteiger charge is -2.11. The molecule has 0 bridgehead atoms. The summed E-state index contributed by atoms with van der Waals surface area (Å²) < 4.78 is 4.87. The van der Waals surface area contributed by atoms with Crippen LogP contribution in [0.2, 0.25) is 0 Å². The Balaban J connectivity index is 2.25. The van der Waals surface area contributed by atoms with E-state index in [0.29, 0.717) is 21.6 Å². The van der Waals surface area contributed by atoms with Gasteiger partial charge in [0.1, 0.15) is 5.00 Å². The van der Waals surface area contributed by atoms with Gasteiger partial charge in [-0.25, -0.2) is 4.79 Å². The number of carbonyl (C=O) groups is 1. The van der Waals surface area contributed by atoms with Gasteiger partial charge in [0, 0.05) is 11.4 Å². The molecular weight excluding hydrogens is 328 g/mol. The van der Waals surface area contributed by atoms with E-state index in [2.05, 4.69) is 24.5 Å². The van der Waals surface area contributed by atoms with Crippen LogP contribution in [0.3, 0.4) is 0 Å². The van der Waals surface area contributed by atoms with Crippen molar-refractivity contribution >= 4 is 39.6 Å². The van der Waals surface area contributed by atoms with Crippen molar-refractivity contribution in [2.75, 3.05) is 19.0 Å². The fourth-order valence-electron chi connectivity index (χ4n) is 1.93. The summed E-state index contributed by atoms with van der Waals surface area (Å²) in [6.07, 6.45) is 0. The lowest BCUT2D eigenvalue weighted by atomic mass is 10.1. The molecule has 122 valence electrons. The maximum Gasteiger partial charge on any atom is 0.340 e. The monoisotopic (exact) mass is 348 g/mol. The third kappa shape index (κ3) is 4.77. The molecule has 2 N–H and O–H groups in total. The Kier molecular flexibility index (Phi) is 6.12. The molecule has 2 aromatic rings. The summed E-state index contributed by atoms with van der Waals surface area (Å²) in [6.45, 7) is 4.98. The van der Waals surface area contributed by atoms with E-state index in [1.54, 1.807) is 0 Å². The molecular formula is C17H20N2O2S2. The fourth-order valence-corrected chi connectivity index (χ4v) is 3.24. The normalized spacial score (nSPS) is 10.4. The highest BCUT2D eigenvalue weighted by Gasteiger charge is 2.18. The Hall–Kier alpha value is -1.92. The van der Waals surface area contributed by atoms with Gasteiger partial charge in [0.05, 0.1) is 12.7 Å². The van der Waals surface area contributed by atoms with Crippen molar-refractivity contribution < 1.29 is 9.53 Å². The summed E-state index contributed by atoms with van der Waals surface area (Å²) in [6, 6.07) is 11.7. The first-order valence-corrected chi connectivity index (χ1v) is 8.56. The first-order valence-electron chi connectivity index (χ1n) is 7.33. The summed E-state index contributed by atoms with van der Waals surface area (Å²) in [5, 5.41) is 7.44. The van der Waals surface area contributed by atoms with Gasteiger partial charge in [-0.3, -0.25) is 0 Å². The number of anilines is 1. The molecule has 0 saturated carbocycles. The molecule has 0 amide bonds. The first-order chi connectivity index (χ1) is 11.0. The molecule has 0 unspecified atom stereocenters. The largest absolute Gasteiger partial charge is 0.465 e. The Morgan fingerprint density at radius 3 is 2.61 bits per heavy atom. The number of carbonyl (C=O) groups excluding carboxylic acids is 1. The van der Waals surface area contributed by atoms with Gasteiger partial charge in [-0.05, 0) is 29.8 Å². The van der Waals surface area contributed by atoms with Gasteiger partial charge in [-0.2, -0.15) is 0 Å². The van der Waals surface area contributed by atoms with Crippen LogP contribution in [0.4, 0.5) is 5.00 Å². The van der Waals surface area contributed by atoms with E-state index in [4.69, 9.17) is 17.0 Å². The van der Waals surface area contributed by atoms with Crippen molar-refractivity contribution in [1.82, 2.24) is 5.32 Å². The van der Waals surface area contributed by atoms with Crippen molar-refractivity contribution in [2.24, 2.45) is 5.92 Å². The second kappa shape index (κ2) is 8.08. The quantitative estimate of drug-likeness (QED) is 0.628.